The Hall–Kier alpha value is -2.23. The number of amides is 1. The lowest BCUT2D eigenvalue weighted by Gasteiger charge is -2.28. The van der Waals surface area contributed by atoms with Gasteiger partial charge in [-0.05, 0) is 25.1 Å². The molecular weight excluding hydrogens is 230 g/mol. The fourth-order valence-corrected chi connectivity index (χ4v) is 2.09. The summed E-state index contributed by atoms with van der Waals surface area (Å²) in [5.41, 5.74) is 1.65. The van der Waals surface area contributed by atoms with E-state index in [4.69, 9.17) is 9.15 Å². The van der Waals surface area contributed by atoms with Crippen molar-refractivity contribution < 1.29 is 13.9 Å². The number of rotatable bonds is 1. The Labute approximate surface area is 105 Å². The molecule has 0 radical (unpaired) electrons. The molecule has 0 N–H and O–H groups in total. The number of hydrogen-bond acceptors (Lipinski definition) is 3. The number of benzene rings is 1. The molecule has 0 saturated carbocycles. The van der Waals surface area contributed by atoms with E-state index in [1.54, 1.807) is 11.0 Å². The molecule has 1 aromatic heterocycles. The fourth-order valence-electron chi connectivity index (χ4n) is 2.09. The number of para-hydroxylation sites is 2. The average Bonchev–Trinajstić information content (AvgIpc) is 2.83. The molecule has 3 rings (SSSR count). The van der Waals surface area contributed by atoms with Crippen LogP contribution in [-0.4, -0.2) is 19.1 Å². The maximum Gasteiger partial charge on any atom is 0.294 e. The van der Waals surface area contributed by atoms with E-state index in [0.717, 1.165) is 17.0 Å². The van der Waals surface area contributed by atoms with Crippen LogP contribution in [-0.2, 0) is 0 Å². The van der Waals surface area contributed by atoms with Crippen LogP contribution in [0.4, 0.5) is 5.69 Å². The number of anilines is 1. The zero-order valence-corrected chi connectivity index (χ0v) is 10.1. The molecular formula is C14H13NO3. The second kappa shape index (κ2) is 4.22. The summed E-state index contributed by atoms with van der Waals surface area (Å²) >= 11 is 0. The van der Waals surface area contributed by atoms with Crippen molar-refractivity contribution in [3.05, 3.63) is 47.9 Å². The largest absolute Gasteiger partial charge is 0.490 e. The van der Waals surface area contributed by atoms with E-state index in [2.05, 4.69) is 0 Å². The number of carbonyl (C=O) groups excluding carboxylic acids is 1. The highest BCUT2D eigenvalue weighted by Crippen LogP contribution is 2.32. The number of carbonyl (C=O) groups is 1. The summed E-state index contributed by atoms with van der Waals surface area (Å²) < 4.78 is 10.8. The quantitative estimate of drug-likeness (QED) is 0.773. The predicted octanol–water partition coefficient (Wildman–Crippen LogP) is 2.63. The van der Waals surface area contributed by atoms with Gasteiger partial charge in [-0.25, -0.2) is 0 Å². The Morgan fingerprint density at radius 3 is 2.89 bits per heavy atom. The summed E-state index contributed by atoms with van der Waals surface area (Å²) in [6, 6.07) is 9.32. The van der Waals surface area contributed by atoms with Crippen molar-refractivity contribution in [2.75, 3.05) is 18.1 Å². The van der Waals surface area contributed by atoms with E-state index in [-0.39, 0.29) is 5.91 Å². The molecule has 0 bridgehead atoms. The van der Waals surface area contributed by atoms with Gasteiger partial charge in [0.2, 0.25) is 0 Å². The molecule has 2 aromatic rings. The molecule has 0 aliphatic carbocycles. The Morgan fingerprint density at radius 1 is 1.28 bits per heavy atom. The van der Waals surface area contributed by atoms with Gasteiger partial charge in [0.1, 0.15) is 12.4 Å². The van der Waals surface area contributed by atoms with E-state index in [9.17, 15) is 4.79 Å². The highest BCUT2D eigenvalue weighted by molar-refractivity contribution is 6.06. The summed E-state index contributed by atoms with van der Waals surface area (Å²) in [6.45, 7) is 2.90. The Bertz CT molecular complexity index is 588. The van der Waals surface area contributed by atoms with Crippen LogP contribution in [0, 0.1) is 6.92 Å². The second-order valence-corrected chi connectivity index (χ2v) is 4.21. The molecule has 1 aromatic carbocycles. The molecule has 0 spiro atoms. The van der Waals surface area contributed by atoms with E-state index >= 15 is 0 Å². The molecule has 0 fully saturated rings. The van der Waals surface area contributed by atoms with Gasteiger partial charge in [-0.3, -0.25) is 9.69 Å². The summed E-state index contributed by atoms with van der Waals surface area (Å²) in [4.78, 5) is 14.1. The van der Waals surface area contributed by atoms with Crippen LogP contribution in [0.5, 0.6) is 5.75 Å². The van der Waals surface area contributed by atoms with Gasteiger partial charge in [0.25, 0.3) is 5.91 Å². The number of nitrogens with zero attached hydrogens (tertiary/aromatic N) is 1. The number of ether oxygens (including phenoxy) is 1. The maximum absolute atomic E-state index is 12.4. The van der Waals surface area contributed by atoms with E-state index < -0.39 is 0 Å². The lowest BCUT2D eigenvalue weighted by molar-refractivity contribution is 0.0949. The van der Waals surface area contributed by atoms with Gasteiger partial charge in [-0.15, -0.1) is 0 Å². The van der Waals surface area contributed by atoms with Crippen molar-refractivity contribution in [2.45, 2.75) is 6.92 Å². The molecule has 0 unspecified atom stereocenters. The fraction of sp³-hybridized carbons (Fsp3) is 0.214. The lowest BCUT2D eigenvalue weighted by atomic mass is 10.2. The highest BCUT2D eigenvalue weighted by Gasteiger charge is 2.26. The van der Waals surface area contributed by atoms with Gasteiger partial charge >= 0.3 is 0 Å². The Morgan fingerprint density at radius 2 is 2.11 bits per heavy atom. The third kappa shape index (κ3) is 1.66. The van der Waals surface area contributed by atoms with E-state index in [0.29, 0.717) is 18.9 Å². The van der Waals surface area contributed by atoms with Crippen molar-refractivity contribution in [2.24, 2.45) is 0 Å². The molecule has 2 heterocycles. The van der Waals surface area contributed by atoms with Crippen molar-refractivity contribution >= 4 is 11.6 Å². The molecule has 1 aliphatic heterocycles. The molecule has 1 aliphatic rings. The Kier molecular flexibility index (Phi) is 2.55. The zero-order chi connectivity index (χ0) is 12.5. The van der Waals surface area contributed by atoms with Crippen LogP contribution in [0.25, 0.3) is 0 Å². The third-order valence-electron chi connectivity index (χ3n) is 3.03. The molecule has 1 amide bonds. The first-order valence-corrected chi connectivity index (χ1v) is 5.85. The van der Waals surface area contributed by atoms with Crippen molar-refractivity contribution in [3.63, 3.8) is 0 Å². The first-order valence-electron chi connectivity index (χ1n) is 5.85. The molecule has 0 saturated heterocycles. The summed E-state index contributed by atoms with van der Waals surface area (Å²) in [6.07, 6.45) is 1.54. The average molecular weight is 243 g/mol. The van der Waals surface area contributed by atoms with Crippen LogP contribution in [0.3, 0.4) is 0 Å². The SMILES string of the molecule is Cc1ccoc1C(=O)N1CCOc2ccccc21. The topological polar surface area (TPSA) is 42.7 Å². The van der Waals surface area contributed by atoms with Gasteiger partial charge in [0.15, 0.2) is 5.76 Å². The maximum atomic E-state index is 12.4. The second-order valence-electron chi connectivity index (χ2n) is 4.21. The molecule has 18 heavy (non-hydrogen) atoms. The van der Waals surface area contributed by atoms with Crippen LogP contribution >= 0.6 is 0 Å². The van der Waals surface area contributed by atoms with Crippen molar-refractivity contribution in [1.82, 2.24) is 0 Å². The number of aryl methyl sites for hydroxylation is 1. The zero-order valence-electron chi connectivity index (χ0n) is 10.1. The Balaban J connectivity index is 2.00. The minimum Gasteiger partial charge on any atom is -0.490 e. The van der Waals surface area contributed by atoms with Crippen LogP contribution < -0.4 is 9.64 Å². The first kappa shape index (κ1) is 10.9. The summed E-state index contributed by atoms with van der Waals surface area (Å²) in [7, 11) is 0. The van der Waals surface area contributed by atoms with Crippen molar-refractivity contribution in [3.8, 4) is 5.75 Å². The van der Waals surface area contributed by atoms with Gasteiger partial charge < -0.3 is 9.15 Å². The summed E-state index contributed by atoms with van der Waals surface area (Å²) in [5, 5.41) is 0. The van der Waals surface area contributed by atoms with Crippen molar-refractivity contribution in [1.29, 1.82) is 0 Å². The molecule has 4 heteroatoms. The summed E-state index contributed by atoms with van der Waals surface area (Å²) in [5.74, 6) is 1.02. The standard InChI is InChI=1S/C14H13NO3/c1-10-6-8-18-13(10)14(16)15-7-9-17-12-5-3-2-4-11(12)15/h2-6,8H,7,9H2,1H3. The third-order valence-corrected chi connectivity index (χ3v) is 3.03. The number of fused-ring (bicyclic) bond motifs is 1. The lowest BCUT2D eigenvalue weighted by Crippen LogP contribution is -2.38. The highest BCUT2D eigenvalue weighted by atomic mass is 16.5. The van der Waals surface area contributed by atoms with Crippen LogP contribution in [0.1, 0.15) is 16.1 Å². The van der Waals surface area contributed by atoms with Gasteiger partial charge in [-0.2, -0.15) is 0 Å². The minimum atomic E-state index is -0.117. The predicted molar refractivity (Wildman–Crippen MR) is 67.1 cm³/mol. The minimum absolute atomic E-state index is 0.117. The van der Waals surface area contributed by atoms with Crippen LogP contribution in [0.15, 0.2) is 41.0 Å². The molecule has 0 atom stereocenters. The smallest absolute Gasteiger partial charge is 0.294 e. The molecule has 4 nitrogen and oxygen atoms in total. The van der Waals surface area contributed by atoms with E-state index in [1.807, 2.05) is 31.2 Å². The number of hydrogen-bond donors (Lipinski definition) is 0. The van der Waals surface area contributed by atoms with Crippen LogP contribution in [0.2, 0.25) is 0 Å². The van der Waals surface area contributed by atoms with Gasteiger partial charge in [0, 0.05) is 5.56 Å². The number of furan rings is 1. The first-order chi connectivity index (χ1) is 8.77. The molecule has 92 valence electrons. The van der Waals surface area contributed by atoms with Gasteiger partial charge in [0.05, 0.1) is 18.5 Å². The normalized spacial score (nSPS) is 13.9. The van der Waals surface area contributed by atoms with Gasteiger partial charge in [-0.1, -0.05) is 12.1 Å². The van der Waals surface area contributed by atoms with E-state index in [1.165, 1.54) is 6.26 Å². The monoisotopic (exact) mass is 243 g/mol.